The molecule has 1 N–H and O–H groups in total. The van der Waals surface area contributed by atoms with E-state index in [0.29, 0.717) is 23.6 Å². The van der Waals surface area contributed by atoms with E-state index in [1.165, 1.54) is 12.1 Å². The number of fused-ring (bicyclic) bond motifs is 2. The van der Waals surface area contributed by atoms with Gasteiger partial charge < -0.3 is 9.47 Å². The van der Waals surface area contributed by atoms with E-state index in [0.717, 1.165) is 11.1 Å². The van der Waals surface area contributed by atoms with Crippen LogP contribution < -0.4 is 14.8 Å². The standard InChI is InChI=1S/C21H21F2N3O3/c1-12-5-7-14-15(9-12)26(19(24-14)25-18(27)11-20(2,3)4)13-6-8-16-17(10-13)29-21(22,23)28-16/h5-10H,11H2,1-4H3,(H,24,25,27). The van der Waals surface area contributed by atoms with Crippen molar-refractivity contribution in [2.45, 2.75) is 40.4 Å². The number of aromatic nitrogens is 2. The average molecular weight is 401 g/mol. The highest BCUT2D eigenvalue weighted by molar-refractivity contribution is 5.93. The highest BCUT2D eigenvalue weighted by atomic mass is 19.3. The summed E-state index contributed by atoms with van der Waals surface area (Å²) < 4.78 is 37.6. The van der Waals surface area contributed by atoms with Gasteiger partial charge in [-0.25, -0.2) is 4.98 Å². The number of hydrogen-bond acceptors (Lipinski definition) is 4. The summed E-state index contributed by atoms with van der Waals surface area (Å²) in [6.07, 6.45) is -3.39. The lowest BCUT2D eigenvalue weighted by Gasteiger charge is -2.17. The number of nitrogens with zero attached hydrogens (tertiary/aromatic N) is 2. The summed E-state index contributed by atoms with van der Waals surface area (Å²) >= 11 is 0. The molecule has 0 unspecified atom stereocenters. The third kappa shape index (κ3) is 3.87. The van der Waals surface area contributed by atoms with E-state index in [-0.39, 0.29) is 22.8 Å². The van der Waals surface area contributed by atoms with Gasteiger partial charge in [-0.2, -0.15) is 0 Å². The lowest BCUT2D eigenvalue weighted by molar-refractivity contribution is -0.286. The lowest BCUT2D eigenvalue weighted by Crippen LogP contribution is -2.25. The Morgan fingerprint density at radius 3 is 2.59 bits per heavy atom. The van der Waals surface area contributed by atoms with Crippen molar-refractivity contribution in [3.63, 3.8) is 0 Å². The minimum absolute atomic E-state index is 0.0438. The van der Waals surface area contributed by atoms with Crippen molar-refractivity contribution in [3.05, 3.63) is 42.0 Å². The Kier molecular flexibility index (Phi) is 4.25. The van der Waals surface area contributed by atoms with Crippen LogP contribution in [0.5, 0.6) is 11.5 Å². The highest BCUT2D eigenvalue weighted by Gasteiger charge is 2.43. The van der Waals surface area contributed by atoms with E-state index in [1.807, 2.05) is 45.9 Å². The molecule has 1 aromatic heterocycles. The fourth-order valence-corrected chi connectivity index (χ4v) is 3.26. The summed E-state index contributed by atoms with van der Waals surface area (Å²) in [7, 11) is 0. The number of nitrogens with one attached hydrogen (secondary N) is 1. The van der Waals surface area contributed by atoms with Gasteiger partial charge in [0.25, 0.3) is 0 Å². The van der Waals surface area contributed by atoms with Gasteiger partial charge in [0.2, 0.25) is 11.9 Å². The van der Waals surface area contributed by atoms with Crippen LogP contribution in [0.15, 0.2) is 36.4 Å². The molecule has 1 amide bonds. The van der Waals surface area contributed by atoms with E-state index in [2.05, 4.69) is 19.8 Å². The van der Waals surface area contributed by atoms with Gasteiger partial charge in [-0.3, -0.25) is 14.7 Å². The summed E-state index contributed by atoms with van der Waals surface area (Å²) in [5.41, 5.74) is 2.73. The Morgan fingerprint density at radius 1 is 1.14 bits per heavy atom. The Labute approximate surface area is 166 Å². The van der Waals surface area contributed by atoms with Gasteiger partial charge in [-0.05, 0) is 42.2 Å². The third-order valence-electron chi connectivity index (χ3n) is 4.40. The number of imidazole rings is 1. The van der Waals surface area contributed by atoms with Crippen molar-refractivity contribution in [2.24, 2.45) is 5.41 Å². The predicted octanol–water partition coefficient (Wildman–Crippen LogP) is 5.03. The molecule has 0 atom stereocenters. The van der Waals surface area contributed by atoms with Crippen molar-refractivity contribution in [2.75, 3.05) is 5.32 Å². The number of alkyl halides is 2. The largest absolute Gasteiger partial charge is 0.586 e. The Morgan fingerprint density at radius 2 is 1.86 bits per heavy atom. The number of halogens is 2. The molecule has 152 valence electrons. The number of anilines is 1. The molecule has 3 aromatic rings. The molecule has 0 radical (unpaired) electrons. The number of amides is 1. The monoisotopic (exact) mass is 401 g/mol. The molecule has 0 saturated carbocycles. The number of carbonyl (C=O) groups is 1. The first-order chi connectivity index (χ1) is 13.5. The van der Waals surface area contributed by atoms with Crippen LogP contribution in [0, 0.1) is 12.3 Å². The van der Waals surface area contributed by atoms with E-state index in [4.69, 9.17) is 0 Å². The van der Waals surface area contributed by atoms with Gasteiger partial charge in [-0.1, -0.05) is 26.8 Å². The minimum atomic E-state index is -3.70. The molecule has 29 heavy (non-hydrogen) atoms. The zero-order valence-electron chi connectivity index (χ0n) is 16.5. The van der Waals surface area contributed by atoms with Gasteiger partial charge in [0, 0.05) is 12.5 Å². The van der Waals surface area contributed by atoms with Crippen molar-refractivity contribution in [1.82, 2.24) is 9.55 Å². The predicted molar refractivity (Wildman–Crippen MR) is 105 cm³/mol. The Bertz CT molecular complexity index is 1120. The molecule has 0 bridgehead atoms. The van der Waals surface area contributed by atoms with E-state index in [9.17, 15) is 13.6 Å². The van der Waals surface area contributed by atoms with Crippen molar-refractivity contribution in [3.8, 4) is 17.2 Å². The second-order valence-electron chi connectivity index (χ2n) is 8.35. The zero-order chi connectivity index (χ0) is 21.0. The Balaban J connectivity index is 1.81. The van der Waals surface area contributed by atoms with E-state index < -0.39 is 6.29 Å². The molecule has 1 aliphatic heterocycles. The molecular weight excluding hydrogens is 380 g/mol. The number of ether oxygens (including phenoxy) is 2. The maximum atomic E-state index is 13.4. The second kappa shape index (κ2) is 6.43. The molecule has 1 aliphatic rings. The SMILES string of the molecule is Cc1ccc2nc(NC(=O)CC(C)(C)C)n(-c3ccc4c(c3)OC(F)(F)O4)c2c1. The van der Waals surface area contributed by atoms with Crippen molar-refractivity contribution < 1.29 is 23.0 Å². The second-order valence-corrected chi connectivity index (χ2v) is 8.35. The minimum Gasteiger partial charge on any atom is -0.395 e. The molecule has 0 fully saturated rings. The van der Waals surface area contributed by atoms with Crippen LogP contribution >= 0.6 is 0 Å². The average Bonchev–Trinajstić information content (AvgIpc) is 3.06. The number of carbonyl (C=O) groups excluding carboxylic acids is 1. The fourth-order valence-electron chi connectivity index (χ4n) is 3.26. The van der Waals surface area contributed by atoms with Gasteiger partial charge in [0.15, 0.2) is 11.5 Å². The van der Waals surface area contributed by atoms with Gasteiger partial charge in [0.1, 0.15) is 0 Å². The molecule has 0 saturated heterocycles. The number of benzene rings is 2. The van der Waals surface area contributed by atoms with Gasteiger partial charge in [-0.15, -0.1) is 8.78 Å². The Hall–Kier alpha value is -3.16. The number of hydrogen-bond donors (Lipinski definition) is 1. The van der Waals surface area contributed by atoms with Crippen LogP contribution in [-0.4, -0.2) is 21.8 Å². The zero-order valence-corrected chi connectivity index (χ0v) is 16.5. The normalized spacial score (nSPS) is 15.0. The number of rotatable bonds is 3. The summed E-state index contributed by atoms with van der Waals surface area (Å²) in [4.78, 5) is 17.1. The first-order valence-corrected chi connectivity index (χ1v) is 9.20. The third-order valence-corrected chi connectivity index (χ3v) is 4.40. The summed E-state index contributed by atoms with van der Waals surface area (Å²) in [5, 5.41) is 2.85. The highest BCUT2D eigenvalue weighted by Crippen LogP contribution is 2.42. The number of aryl methyl sites for hydroxylation is 1. The fraction of sp³-hybridized carbons (Fsp3) is 0.333. The molecule has 0 aliphatic carbocycles. The van der Waals surface area contributed by atoms with Crippen LogP contribution in [0.1, 0.15) is 32.8 Å². The molecule has 4 rings (SSSR count). The van der Waals surface area contributed by atoms with Crippen molar-refractivity contribution in [1.29, 1.82) is 0 Å². The van der Waals surface area contributed by atoms with Crippen LogP contribution in [0.25, 0.3) is 16.7 Å². The quantitative estimate of drug-likeness (QED) is 0.669. The van der Waals surface area contributed by atoms with Crippen molar-refractivity contribution >= 4 is 22.9 Å². The van der Waals surface area contributed by atoms with Gasteiger partial charge in [0.05, 0.1) is 16.7 Å². The summed E-state index contributed by atoms with van der Waals surface area (Å²) in [5.74, 6) is 0.00942. The smallest absolute Gasteiger partial charge is 0.395 e. The topological polar surface area (TPSA) is 65.4 Å². The molecule has 2 heterocycles. The molecule has 2 aromatic carbocycles. The molecule has 6 nitrogen and oxygen atoms in total. The molecule has 8 heteroatoms. The van der Waals surface area contributed by atoms with Crippen LogP contribution in [0.2, 0.25) is 0 Å². The maximum absolute atomic E-state index is 13.4. The maximum Gasteiger partial charge on any atom is 0.586 e. The van der Waals surface area contributed by atoms with Gasteiger partial charge >= 0.3 is 6.29 Å². The lowest BCUT2D eigenvalue weighted by atomic mass is 9.92. The van der Waals surface area contributed by atoms with E-state index >= 15 is 0 Å². The summed E-state index contributed by atoms with van der Waals surface area (Å²) in [6.45, 7) is 7.85. The molecular formula is C21H21F2N3O3. The first-order valence-electron chi connectivity index (χ1n) is 9.20. The first kappa shape index (κ1) is 19.2. The van der Waals surface area contributed by atoms with Crippen LogP contribution in [-0.2, 0) is 4.79 Å². The van der Waals surface area contributed by atoms with E-state index in [1.54, 1.807) is 10.6 Å². The summed E-state index contributed by atoms with van der Waals surface area (Å²) in [6, 6.07) is 10.2. The molecule has 0 spiro atoms. The van der Waals surface area contributed by atoms with Crippen LogP contribution in [0.3, 0.4) is 0 Å². The van der Waals surface area contributed by atoms with Crippen LogP contribution in [0.4, 0.5) is 14.7 Å².